The lowest BCUT2D eigenvalue weighted by molar-refractivity contribution is -0.119. The molecule has 2 aliphatic rings. The average Bonchev–Trinajstić information content (AvgIpc) is 3.21. The Kier molecular flexibility index (Phi) is 5.49. The highest BCUT2D eigenvalue weighted by Gasteiger charge is 2.40. The summed E-state index contributed by atoms with van der Waals surface area (Å²) < 4.78 is 33.6. The first-order valence-corrected chi connectivity index (χ1v) is 11.6. The second-order valence-electron chi connectivity index (χ2n) is 8.01. The molecule has 2 aromatic carbocycles. The largest absolute Gasteiger partial charge is 0.482 e. The number of sulfonamides is 1. The van der Waals surface area contributed by atoms with Gasteiger partial charge < -0.3 is 15.4 Å². The quantitative estimate of drug-likeness (QED) is 0.756. The molecule has 1 unspecified atom stereocenters. The third-order valence-electron chi connectivity index (χ3n) is 5.78. The van der Waals surface area contributed by atoms with Gasteiger partial charge in [0.15, 0.2) is 6.61 Å². The Bertz CT molecular complexity index is 1180. The Morgan fingerprint density at radius 2 is 1.90 bits per heavy atom. The normalized spacial score (nSPS) is 18.8. The number of nitrogens with zero attached hydrogens (tertiary/aromatic N) is 1. The molecule has 2 N–H and O–H groups in total. The van der Waals surface area contributed by atoms with Crippen molar-refractivity contribution in [3.63, 3.8) is 0 Å². The highest BCUT2D eigenvalue weighted by Crippen LogP contribution is 2.36. The Morgan fingerprint density at radius 1 is 1.13 bits per heavy atom. The number of hydrogen-bond donors (Lipinski definition) is 2. The molecule has 2 aromatic rings. The van der Waals surface area contributed by atoms with Gasteiger partial charge in [-0.25, -0.2) is 8.42 Å². The predicted octanol–water partition coefficient (Wildman–Crippen LogP) is 2.73. The number of carbonyl (C=O) groups excluding carboxylic acids is 2. The Hall–Kier alpha value is -2.91. The van der Waals surface area contributed by atoms with Crippen molar-refractivity contribution in [2.75, 3.05) is 23.8 Å². The SMILES string of the molecule is Cc1ccc(NC(=O)C2CCCN2S(=O)(=O)c2cc3c(cc2C)NC(=O)CO3)cc1C. The van der Waals surface area contributed by atoms with Gasteiger partial charge in [-0.15, -0.1) is 0 Å². The molecular formula is C22H25N3O5S. The fourth-order valence-corrected chi connectivity index (χ4v) is 5.83. The zero-order valence-electron chi connectivity index (χ0n) is 17.7. The number of nitrogens with one attached hydrogen (secondary N) is 2. The molecule has 2 amide bonds. The van der Waals surface area contributed by atoms with E-state index in [9.17, 15) is 18.0 Å². The second kappa shape index (κ2) is 7.97. The summed E-state index contributed by atoms with van der Waals surface area (Å²) >= 11 is 0. The van der Waals surface area contributed by atoms with Crippen LogP contribution in [0.1, 0.15) is 29.5 Å². The third-order valence-corrected chi connectivity index (χ3v) is 7.83. The van der Waals surface area contributed by atoms with E-state index >= 15 is 0 Å². The van der Waals surface area contributed by atoms with Crippen molar-refractivity contribution in [2.24, 2.45) is 0 Å². The van der Waals surface area contributed by atoms with Crippen molar-refractivity contribution < 1.29 is 22.7 Å². The maximum Gasteiger partial charge on any atom is 0.262 e. The fraction of sp³-hybridized carbons (Fsp3) is 0.364. The molecule has 9 heteroatoms. The van der Waals surface area contributed by atoms with Crippen LogP contribution in [0.25, 0.3) is 0 Å². The molecule has 1 fully saturated rings. The first kappa shape index (κ1) is 21.3. The predicted molar refractivity (Wildman–Crippen MR) is 117 cm³/mol. The molecule has 4 rings (SSSR count). The Labute approximate surface area is 181 Å². The lowest BCUT2D eigenvalue weighted by atomic mass is 10.1. The molecular weight excluding hydrogens is 418 g/mol. The number of amides is 2. The zero-order valence-corrected chi connectivity index (χ0v) is 18.5. The van der Waals surface area contributed by atoms with Crippen LogP contribution in [0.15, 0.2) is 35.2 Å². The summed E-state index contributed by atoms with van der Waals surface area (Å²) in [6.45, 7) is 5.71. The van der Waals surface area contributed by atoms with Crippen LogP contribution in [0, 0.1) is 20.8 Å². The summed E-state index contributed by atoms with van der Waals surface area (Å²) in [6, 6.07) is 7.83. The molecule has 8 nitrogen and oxygen atoms in total. The molecule has 0 spiro atoms. The number of anilines is 2. The van der Waals surface area contributed by atoms with E-state index in [2.05, 4.69) is 10.6 Å². The summed E-state index contributed by atoms with van der Waals surface area (Å²) in [5.41, 5.74) is 3.73. The van der Waals surface area contributed by atoms with E-state index in [0.717, 1.165) is 11.1 Å². The van der Waals surface area contributed by atoms with Gasteiger partial charge >= 0.3 is 0 Å². The van der Waals surface area contributed by atoms with Crippen molar-refractivity contribution in [3.8, 4) is 5.75 Å². The van der Waals surface area contributed by atoms with Crippen molar-refractivity contribution in [1.29, 1.82) is 0 Å². The lowest BCUT2D eigenvalue weighted by Crippen LogP contribution is -2.43. The number of carbonyl (C=O) groups is 2. The highest BCUT2D eigenvalue weighted by molar-refractivity contribution is 7.89. The first-order chi connectivity index (χ1) is 14.7. The number of rotatable bonds is 4. The average molecular weight is 444 g/mol. The molecule has 1 saturated heterocycles. The summed E-state index contributed by atoms with van der Waals surface area (Å²) in [5, 5.41) is 5.53. The molecule has 0 aliphatic carbocycles. The number of fused-ring (bicyclic) bond motifs is 1. The number of benzene rings is 2. The Morgan fingerprint density at radius 3 is 2.65 bits per heavy atom. The van der Waals surface area contributed by atoms with Crippen LogP contribution in [0.4, 0.5) is 11.4 Å². The summed E-state index contributed by atoms with van der Waals surface area (Å²) in [7, 11) is -3.94. The van der Waals surface area contributed by atoms with E-state index < -0.39 is 16.1 Å². The van der Waals surface area contributed by atoms with E-state index in [-0.39, 0.29) is 29.9 Å². The maximum atomic E-state index is 13.5. The minimum Gasteiger partial charge on any atom is -0.482 e. The van der Waals surface area contributed by atoms with E-state index in [1.54, 1.807) is 13.0 Å². The molecule has 0 radical (unpaired) electrons. The van der Waals surface area contributed by atoms with E-state index in [0.29, 0.717) is 35.5 Å². The fourth-order valence-electron chi connectivity index (χ4n) is 3.95. The molecule has 164 valence electrons. The van der Waals surface area contributed by atoms with Gasteiger partial charge in [0.25, 0.3) is 5.91 Å². The smallest absolute Gasteiger partial charge is 0.262 e. The lowest BCUT2D eigenvalue weighted by Gasteiger charge is -2.26. The van der Waals surface area contributed by atoms with Crippen LogP contribution in [-0.4, -0.2) is 43.7 Å². The van der Waals surface area contributed by atoms with Gasteiger partial charge in [-0.05, 0) is 68.5 Å². The van der Waals surface area contributed by atoms with Gasteiger partial charge in [0.2, 0.25) is 15.9 Å². The third kappa shape index (κ3) is 4.03. The van der Waals surface area contributed by atoms with Gasteiger partial charge in [-0.2, -0.15) is 4.31 Å². The van der Waals surface area contributed by atoms with E-state index in [4.69, 9.17) is 4.74 Å². The van der Waals surface area contributed by atoms with Crippen molar-refractivity contribution in [1.82, 2.24) is 4.31 Å². The van der Waals surface area contributed by atoms with E-state index in [1.165, 1.54) is 10.4 Å². The van der Waals surface area contributed by atoms with Crippen LogP contribution in [0.2, 0.25) is 0 Å². The van der Waals surface area contributed by atoms with Gasteiger partial charge in [-0.3, -0.25) is 9.59 Å². The van der Waals surface area contributed by atoms with Gasteiger partial charge in [0, 0.05) is 18.3 Å². The van der Waals surface area contributed by atoms with Crippen molar-refractivity contribution in [2.45, 2.75) is 44.6 Å². The molecule has 31 heavy (non-hydrogen) atoms. The van der Waals surface area contributed by atoms with Crippen LogP contribution >= 0.6 is 0 Å². The number of aryl methyl sites for hydroxylation is 3. The zero-order chi connectivity index (χ0) is 22.3. The van der Waals surface area contributed by atoms with Crippen molar-refractivity contribution >= 4 is 33.2 Å². The monoisotopic (exact) mass is 443 g/mol. The standard InChI is InChI=1S/C22H25N3O5S/c1-13-6-7-16(9-14(13)2)23-22(27)18-5-4-8-25(18)31(28,29)20-11-19-17(10-15(20)3)24-21(26)12-30-19/h6-7,9-11,18H,4-5,8,12H2,1-3H3,(H,23,27)(H,24,26). The topological polar surface area (TPSA) is 105 Å². The van der Waals surface area contributed by atoms with E-state index in [1.807, 2.05) is 32.0 Å². The van der Waals surface area contributed by atoms with Gasteiger partial charge in [-0.1, -0.05) is 6.07 Å². The van der Waals surface area contributed by atoms with Gasteiger partial charge in [0.05, 0.1) is 10.6 Å². The van der Waals surface area contributed by atoms with Crippen LogP contribution in [0.5, 0.6) is 5.75 Å². The highest BCUT2D eigenvalue weighted by atomic mass is 32.2. The second-order valence-corrected chi connectivity index (χ2v) is 9.87. The van der Waals surface area contributed by atoms with Crippen LogP contribution < -0.4 is 15.4 Å². The van der Waals surface area contributed by atoms with Crippen LogP contribution in [-0.2, 0) is 19.6 Å². The van der Waals surface area contributed by atoms with Gasteiger partial charge in [0.1, 0.15) is 11.8 Å². The Balaban J connectivity index is 1.61. The molecule has 0 bridgehead atoms. The summed E-state index contributed by atoms with van der Waals surface area (Å²) in [6.07, 6.45) is 1.05. The number of hydrogen-bond acceptors (Lipinski definition) is 5. The summed E-state index contributed by atoms with van der Waals surface area (Å²) in [5.74, 6) is -0.326. The molecule has 2 aliphatic heterocycles. The minimum atomic E-state index is -3.94. The number of ether oxygens (including phenoxy) is 1. The summed E-state index contributed by atoms with van der Waals surface area (Å²) in [4.78, 5) is 24.6. The molecule has 0 saturated carbocycles. The van der Waals surface area contributed by atoms with Crippen LogP contribution in [0.3, 0.4) is 0 Å². The maximum absolute atomic E-state index is 13.5. The minimum absolute atomic E-state index is 0.0771. The molecule has 0 aromatic heterocycles. The molecule has 1 atom stereocenters. The first-order valence-electron chi connectivity index (χ1n) is 10.1. The van der Waals surface area contributed by atoms with Crippen molar-refractivity contribution in [3.05, 3.63) is 47.0 Å². The molecule has 2 heterocycles.